The molecule has 1 aromatic carbocycles. The van der Waals surface area contributed by atoms with E-state index in [1.54, 1.807) is 0 Å². The van der Waals surface area contributed by atoms with Crippen molar-refractivity contribution in [2.24, 2.45) is 21.7 Å². The maximum atomic E-state index is 5.68. The lowest BCUT2D eigenvalue weighted by atomic mass is 10.1. The maximum Gasteiger partial charge on any atom is 0.153 e. The predicted octanol–water partition coefficient (Wildman–Crippen LogP) is 0.911. The fourth-order valence-electron chi connectivity index (χ4n) is 1.05. The van der Waals surface area contributed by atoms with Gasteiger partial charge in [-0.2, -0.15) is 0 Å². The average molecular weight is 190 g/mol. The number of nitrogens with two attached hydrogens (primary N) is 2. The van der Waals surface area contributed by atoms with Crippen LogP contribution in [-0.4, -0.2) is 12.2 Å². The van der Waals surface area contributed by atoms with Crippen molar-refractivity contribution in [3.05, 3.63) is 34.9 Å². The molecule has 74 valence electrons. The van der Waals surface area contributed by atoms with Crippen molar-refractivity contribution < 1.29 is 0 Å². The molecule has 0 aliphatic carbocycles. The Morgan fingerprint density at radius 1 is 1.29 bits per heavy atom. The van der Waals surface area contributed by atoms with Crippen molar-refractivity contribution in [1.29, 1.82) is 0 Å². The minimum absolute atomic E-state index is 0.370. The van der Waals surface area contributed by atoms with E-state index in [2.05, 4.69) is 10.2 Å². The Labute approximate surface area is 83.3 Å². The van der Waals surface area contributed by atoms with Gasteiger partial charge in [-0.1, -0.05) is 12.1 Å². The number of nitrogens with zero attached hydrogens (tertiary/aromatic N) is 2. The molecule has 4 nitrogen and oxygen atoms in total. The molecule has 0 fully saturated rings. The summed E-state index contributed by atoms with van der Waals surface area (Å²) < 4.78 is 0. The zero-order valence-electron chi connectivity index (χ0n) is 8.36. The average Bonchev–Trinajstić information content (AvgIpc) is 2.18. The lowest BCUT2D eigenvalue weighted by Gasteiger charge is -2.03. The van der Waals surface area contributed by atoms with Crippen LogP contribution in [0.2, 0.25) is 0 Å². The van der Waals surface area contributed by atoms with Crippen LogP contribution in [0.5, 0.6) is 0 Å². The van der Waals surface area contributed by atoms with Gasteiger partial charge in [0.1, 0.15) is 6.34 Å². The molecule has 0 atom stereocenters. The zero-order valence-corrected chi connectivity index (χ0v) is 8.36. The normalized spacial score (nSPS) is 12.3. The molecule has 0 aromatic heterocycles. The Morgan fingerprint density at radius 3 is 2.57 bits per heavy atom. The highest BCUT2D eigenvalue weighted by Gasteiger charge is 1.99. The zero-order chi connectivity index (χ0) is 10.6. The molecule has 0 saturated heterocycles. The summed E-state index contributed by atoms with van der Waals surface area (Å²) >= 11 is 0. The van der Waals surface area contributed by atoms with Crippen LogP contribution in [0.3, 0.4) is 0 Å². The van der Waals surface area contributed by atoms with Gasteiger partial charge < -0.3 is 11.5 Å². The lowest BCUT2D eigenvalue weighted by Crippen LogP contribution is -2.13. The Morgan fingerprint density at radius 2 is 2.00 bits per heavy atom. The summed E-state index contributed by atoms with van der Waals surface area (Å²) in [5.74, 6) is 0.370. The van der Waals surface area contributed by atoms with Gasteiger partial charge in [0.2, 0.25) is 0 Å². The standard InChI is InChI=1S/C10H14N4/c1-7-3-4-9(5-8(7)2)10(12)14-13-6-11/h3-6H,1-2H3,(H2,11,13)(H2,12,14). The Kier molecular flexibility index (Phi) is 3.23. The van der Waals surface area contributed by atoms with Crippen molar-refractivity contribution in [2.75, 3.05) is 0 Å². The molecule has 0 radical (unpaired) electrons. The molecule has 1 aromatic rings. The lowest BCUT2D eigenvalue weighted by molar-refractivity contribution is 1.22. The molecule has 14 heavy (non-hydrogen) atoms. The van der Waals surface area contributed by atoms with Crippen LogP contribution in [0, 0.1) is 13.8 Å². The topological polar surface area (TPSA) is 76.8 Å². The molecule has 0 heterocycles. The number of hydrogen-bond donors (Lipinski definition) is 2. The summed E-state index contributed by atoms with van der Waals surface area (Å²) in [6.45, 7) is 4.07. The Balaban J connectivity index is 3.02. The van der Waals surface area contributed by atoms with E-state index < -0.39 is 0 Å². The van der Waals surface area contributed by atoms with E-state index in [1.807, 2.05) is 32.0 Å². The van der Waals surface area contributed by atoms with E-state index in [-0.39, 0.29) is 0 Å². The monoisotopic (exact) mass is 190 g/mol. The van der Waals surface area contributed by atoms with Gasteiger partial charge >= 0.3 is 0 Å². The summed E-state index contributed by atoms with van der Waals surface area (Å²) in [5.41, 5.74) is 14.0. The molecular formula is C10H14N4. The highest BCUT2D eigenvalue weighted by molar-refractivity contribution is 5.97. The summed E-state index contributed by atoms with van der Waals surface area (Å²) in [4.78, 5) is 0. The van der Waals surface area contributed by atoms with Crippen molar-refractivity contribution in [3.63, 3.8) is 0 Å². The molecular weight excluding hydrogens is 176 g/mol. The SMILES string of the molecule is Cc1ccc(/C(N)=N/N=C\N)cc1C. The van der Waals surface area contributed by atoms with Crippen molar-refractivity contribution >= 4 is 12.2 Å². The van der Waals surface area contributed by atoms with Gasteiger partial charge in [0.25, 0.3) is 0 Å². The van der Waals surface area contributed by atoms with Gasteiger partial charge in [0, 0.05) is 5.56 Å². The van der Waals surface area contributed by atoms with E-state index in [0.717, 1.165) is 11.9 Å². The van der Waals surface area contributed by atoms with Gasteiger partial charge in [-0.25, -0.2) is 0 Å². The smallest absolute Gasteiger partial charge is 0.153 e. The number of hydrogen-bond acceptors (Lipinski definition) is 2. The van der Waals surface area contributed by atoms with Crippen molar-refractivity contribution in [3.8, 4) is 0 Å². The molecule has 0 bridgehead atoms. The quantitative estimate of drug-likeness (QED) is 0.413. The molecule has 0 amide bonds. The third kappa shape index (κ3) is 2.32. The number of aryl methyl sites for hydroxylation is 2. The van der Waals surface area contributed by atoms with Crippen LogP contribution in [0.25, 0.3) is 0 Å². The van der Waals surface area contributed by atoms with Crippen LogP contribution < -0.4 is 11.5 Å². The first kappa shape index (κ1) is 10.2. The van der Waals surface area contributed by atoms with E-state index in [4.69, 9.17) is 11.5 Å². The second kappa shape index (κ2) is 4.41. The molecule has 0 spiro atoms. The molecule has 0 aliphatic rings. The second-order valence-corrected chi connectivity index (χ2v) is 3.05. The maximum absolute atomic E-state index is 5.68. The van der Waals surface area contributed by atoms with Gasteiger partial charge in [-0.3, -0.25) is 0 Å². The van der Waals surface area contributed by atoms with Gasteiger partial charge in [0.05, 0.1) is 0 Å². The van der Waals surface area contributed by atoms with Crippen molar-refractivity contribution in [2.45, 2.75) is 13.8 Å². The highest BCUT2D eigenvalue weighted by atomic mass is 15.2. The summed E-state index contributed by atoms with van der Waals surface area (Å²) in [6.07, 6.45) is 1.11. The molecule has 1 rings (SSSR count). The van der Waals surface area contributed by atoms with Crippen LogP contribution in [0.15, 0.2) is 28.4 Å². The van der Waals surface area contributed by atoms with Crippen LogP contribution in [-0.2, 0) is 0 Å². The Bertz CT molecular complexity index is 380. The summed E-state index contributed by atoms with van der Waals surface area (Å²) in [7, 11) is 0. The third-order valence-corrected chi connectivity index (χ3v) is 2.03. The number of benzene rings is 1. The van der Waals surface area contributed by atoms with Gasteiger partial charge in [0.15, 0.2) is 5.84 Å². The Hall–Kier alpha value is -1.84. The van der Waals surface area contributed by atoms with Crippen LogP contribution in [0.4, 0.5) is 0 Å². The fourth-order valence-corrected chi connectivity index (χ4v) is 1.05. The molecule has 4 N–H and O–H groups in total. The van der Waals surface area contributed by atoms with E-state index >= 15 is 0 Å². The van der Waals surface area contributed by atoms with Crippen molar-refractivity contribution in [1.82, 2.24) is 0 Å². The van der Waals surface area contributed by atoms with E-state index in [1.165, 1.54) is 11.1 Å². The molecule has 0 saturated carbocycles. The minimum Gasteiger partial charge on any atom is -0.388 e. The van der Waals surface area contributed by atoms with E-state index in [0.29, 0.717) is 5.84 Å². The fraction of sp³-hybridized carbons (Fsp3) is 0.200. The number of rotatable bonds is 2. The first-order valence-corrected chi connectivity index (χ1v) is 4.29. The van der Waals surface area contributed by atoms with Gasteiger partial charge in [-0.15, -0.1) is 10.2 Å². The second-order valence-electron chi connectivity index (χ2n) is 3.05. The summed E-state index contributed by atoms with van der Waals surface area (Å²) in [6, 6.07) is 5.88. The molecule has 0 unspecified atom stereocenters. The third-order valence-electron chi connectivity index (χ3n) is 2.03. The van der Waals surface area contributed by atoms with Gasteiger partial charge in [-0.05, 0) is 31.0 Å². The largest absolute Gasteiger partial charge is 0.388 e. The highest BCUT2D eigenvalue weighted by Crippen LogP contribution is 2.09. The van der Waals surface area contributed by atoms with Crippen LogP contribution in [0.1, 0.15) is 16.7 Å². The predicted molar refractivity (Wildman–Crippen MR) is 59.3 cm³/mol. The molecule has 0 aliphatic heterocycles. The van der Waals surface area contributed by atoms with Crippen LogP contribution >= 0.6 is 0 Å². The molecule has 4 heteroatoms. The first-order chi connectivity index (χ1) is 6.65. The minimum atomic E-state index is 0.370. The van der Waals surface area contributed by atoms with E-state index in [9.17, 15) is 0 Å². The number of amidine groups is 1. The first-order valence-electron chi connectivity index (χ1n) is 4.29. The summed E-state index contributed by atoms with van der Waals surface area (Å²) in [5, 5.41) is 7.24.